The number of nitrogens with zero attached hydrogens (tertiary/aromatic N) is 1. The van der Waals surface area contributed by atoms with Crippen molar-refractivity contribution in [2.45, 2.75) is 33.2 Å². The third-order valence-corrected chi connectivity index (χ3v) is 4.13. The van der Waals surface area contributed by atoms with E-state index in [9.17, 15) is 9.59 Å². The molecule has 1 aliphatic rings. The Labute approximate surface area is 122 Å². The van der Waals surface area contributed by atoms with Gasteiger partial charge in [-0.25, -0.2) is 0 Å². The minimum absolute atomic E-state index is 0.0527. The van der Waals surface area contributed by atoms with E-state index in [1.807, 2.05) is 12.1 Å². The minimum atomic E-state index is -0.585. The number of aliphatic hydroxyl groups excluding tert-OH is 1. The summed E-state index contributed by atoms with van der Waals surface area (Å²) < 4.78 is 0. The first-order valence-corrected chi connectivity index (χ1v) is 7.29. The number of aliphatic hydroxyl groups is 1. The van der Waals surface area contributed by atoms with E-state index in [0.29, 0.717) is 13.0 Å². The van der Waals surface area contributed by atoms with Gasteiger partial charge in [0.2, 0.25) is 11.8 Å². The molecular weight excluding hydrogens is 274 g/mol. The number of imide groups is 1. The van der Waals surface area contributed by atoms with Gasteiger partial charge in [0, 0.05) is 17.7 Å². The first-order chi connectivity index (χ1) is 9.44. The average Bonchev–Trinajstić information content (AvgIpc) is 2.89. The van der Waals surface area contributed by atoms with Gasteiger partial charge in [-0.2, -0.15) is 0 Å². The van der Waals surface area contributed by atoms with Crippen molar-refractivity contribution in [3.8, 4) is 11.8 Å². The molecule has 0 unspecified atom stereocenters. The number of carbonyl (C=O) groups is 2. The molecule has 1 aliphatic heterocycles. The third kappa shape index (κ3) is 3.09. The Bertz CT molecular complexity index is 592. The Morgan fingerprint density at radius 3 is 2.75 bits per heavy atom. The highest BCUT2D eigenvalue weighted by Crippen LogP contribution is 2.33. The summed E-state index contributed by atoms with van der Waals surface area (Å²) in [6.07, 6.45) is 0.727. The van der Waals surface area contributed by atoms with Gasteiger partial charge in [0.15, 0.2) is 0 Å². The molecule has 1 aromatic heterocycles. The lowest BCUT2D eigenvalue weighted by atomic mass is 9.92. The normalized spacial score (nSPS) is 17.2. The average molecular weight is 291 g/mol. The fourth-order valence-electron chi connectivity index (χ4n) is 2.08. The smallest absolute Gasteiger partial charge is 0.235 e. The maximum atomic E-state index is 12.1. The zero-order valence-electron chi connectivity index (χ0n) is 11.6. The Balaban J connectivity index is 2.07. The molecule has 2 heterocycles. The van der Waals surface area contributed by atoms with Crippen molar-refractivity contribution < 1.29 is 14.7 Å². The summed E-state index contributed by atoms with van der Waals surface area (Å²) in [6.45, 7) is 3.98. The molecule has 0 aliphatic carbocycles. The number of likely N-dealkylation sites (tertiary alicyclic amines) is 1. The van der Waals surface area contributed by atoms with Gasteiger partial charge in [0.05, 0.1) is 23.4 Å². The fraction of sp³-hybridized carbons (Fsp3) is 0.467. The molecule has 1 fully saturated rings. The summed E-state index contributed by atoms with van der Waals surface area (Å²) in [7, 11) is 0. The SMILES string of the molecule is CC1(C)CC(=O)N(Cc2ccc(C#CCCO)s2)C1=O. The van der Waals surface area contributed by atoms with E-state index < -0.39 is 5.41 Å². The minimum Gasteiger partial charge on any atom is -0.395 e. The van der Waals surface area contributed by atoms with Crippen LogP contribution in [0.15, 0.2) is 12.1 Å². The van der Waals surface area contributed by atoms with Gasteiger partial charge in [0.1, 0.15) is 0 Å². The van der Waals surface area contributed by atoms with Crippen LogP contribution in [0.2, 0.25) is 0 Å². The molecule has 2 rings (SSSR count). The van der Waals surface area contributed by atoms with E-state index in [4.69, 9.17) is 5.11 Å². The summed E-state index contributed by atoms with van der Waals surface area (Å²) in [5.74, 6) is 5.58. The molecule has 2 amide bonds. The zero-order chi connectivity index (χ0) is 14.8. The number of amides is 2. The van der Waals surface area contributed by atoms with Crippen molar-refractivity contribution in [2.24, 2.45) is 5.41 Å². The van der Waals surface area contributed by atoms with Gasteiger partial charge in [-0.1, -0.05) is 25.7 Å². The molecule has 0 radical (unpaired) electrons. The molecular formula is C15H17NO3S. The van der Waals surface area contributed by atoms with Crippen LogP contribution >= 0.6 is 11.3 Å². The highest BCUT2D eigenvalue weighted by atomic mass is 32.1. The lowest BCUT2D eigenvalue weighted by molar-refractivity contribution is -0.141. The van der Waals surface area contributed by atoms with E-state index in [-0.39, 0.29) is 24.8 Å². The molecule has 5 heteroatoms. The number of thiophene rings is 1. The highest BCUT2D eigenvalue weighted by Gasteiger charge is 2.44. The standard InChI is InChI=1S/C15H17NO3S/c1-15(2)9-13(18)16(14(15)19)10-12-7-6-11(20-12)5-3-4-8-17/h6-7,17H,4,8-10H2,1-2H3. The predicted octanol–water partition coefficient (Wildman–Crippen LogP) is 1.77. The molecule has 20 heavy (non-hydrogen) atoms. The molecule has 0 atom stereocenters. The van der Waals surface area contributed by atoms with Crippen LogP contribution in [0.25, 0.3) is 0 Å². The lowest BCUT2D eigenvalue weighted by Gasteiger charge is -2.16. The zero-order valence-corrected chi connectivity index (χ0v) is 12.4. The fourth-order valence-corrected chi connectivity index (χ4v) is 2.95. The van der Waals surface area contributed by atoms with Crippen LogP contribution in [0.1, 0.15) is 36.4 Å². The molecule has 1 saturated heterocycles. The van der Waals surface area contributed by atoms with Gasteiger partial charge in [0.25, 0.3) is 0 Å². The van der Waals surface area contributed by atoms with Crippen LogP contribution in [0, 0.1) is 17.3 Å². The number of hydrogen-bond acceptors (Lipinski definition) is 4. The van der Waals surface area contributed by atoms with Crippen molar-refractivity contribution in [1.29, 1.82) is 0 Å². The number of hydrogen-bond donors (Lipinski definition) is 1. The van der Waals surface area contributed by atoms with Crippen LogP contribution in [0.3, 0.4) is 0 Å². The predicted molar refractivity (Wildman–Crippen MR) is 76.9 cm³/mol. The molecule has 1 N–H and O–H groups in total. The molecule has 0 aromatic carbocycles. The van der Waals surface area contributed by atoms with Crippen molar-refractivity contribution in [2.75, 3.05) is 6.61 Å². The van der Waals surface area contributed by atoms with E-state index >= 15 is 0 Å². The van der Waals surface area contributed by atoms with Gasteiger partial charge in [-0.05, 0) is 12.1 Å². The second-order valence-electron chi connectivity index (χ2n) is 5.39. The largest absolute Gasteiger partial charge is 0.395 e. The molecule has 0 saturated carbocycles. The molecule has 4 nitrogen and oxygen atoms in total. The summed E-state index contributed by atoms with van der Waals surface area (Å²) in [4.78, 5) is 27.1. The van der Waals surface area contributed by atoms with E-state index in [2.05, 4.69) is 11.8 Å². The van der Waals surface area contributed by atoms with E-state index in [1.165, 1.54) is 16.2 Å². The topological polar surface area (TPSA) is 57.6 Å². The Morgan fingerprint density at radius 1 is 1.40 bits per heavy atom. The molecule has 0 spiro atoms. The van der Waals surface area contributed by atoms with Crippen LogP contribution in [0.4, 0.5) is 0 Å². The highest BCUT2D eigenvalue weighted by molar-refractivity contribution is 7.12. The first kappa shape index (κ1) is 14.8. The Kier molecular flexibility index (Phi) is 4.26. The second kappa shape index (κ2) is 5.78. The quantitative estimate of drug-likeness (QED) is 0.682. The van der Waals surface area contributed by atoms with E-state index in [1.54, 1.807) is 13.8 Å². The summed E-state index contributed by atoms with van der Waals surface area (Å²) in [6, 6.07) is 3.76. The number of rotatable bonds is 3. The van der Waals surface area contributed by atoms with Crippen molar-refractivity contribution in [1.82, 2.24) is 4.90 Å². The van der Waals surface area contributed by atoms with Crippen LogP contribution in [-0.4, -0.2) is 28.4 Å². The number of carbonyl (C=O) groups excluding carboxylic acids is 2. The summed E-state index contributed by atoms with van der Waals surface area (Å²) in [5, 5.41) is 8.67. The van der Waals surface area contributed by atoms with Crippen molar-refractivity contribution >= 4 is 23.2 Å². The first-order valence-electron chi connectivity index (χ1n) is 6.47. The van der Waals surface area contributed by atoms with Gasteiger partial charge in [-0.3, -0.25) is 14.5 Å². The third-order valence-electron chi connectivity index (χ3n) is 3.14. The molecule has 106 valence electrons. The Morgan fingerprint density at radius 2 is 2.15 bits per heavy atom. The monoisotopic (exact) mass is 291 g/mol. The van der Waals surface area contributed by atoms with Gasteiger partial charge in [-0.15, -0.1) is 11.3 Å². The molecule has 0 bridgehead atoms. The van der Waals surface area contributed by atoms with Crippen LogP contribution in [-0.2, 0) is 16.1 Å². The lowest BCUT2D eigenvalue weighted by Crippen LogP contribution is -2.32. The van der Waals surface area contributed by atoms with Gasteiger partial charge >= 0.3 is 0 Å². The summed E-state index contributed by atoms with van der Waals surface area (Å²) >= 11 is 1.47. The van der Waals surface area contributed by atoms with Gasteiger partial charge < -0.3 is 5.11 Å². The molecule has 1 aromatic rings. The van der Waals surface area contributed by atoms with Crippen molar-refractivity contribution in [3.05, 3.63) is 21.9 Å². The van der Waals surface area contributed by atoms with Crippen LogP contribution in [0.5, 0.6) is 0 Å². The van der Waals surface area contributed by atoms with E-state index in [0.717, 1.165) is 9.75 Å². The van der Waals surface area contributed by atoms with Crippen LogP contribution < -0.4 is 0 Å². The summed E-state index contributed by atoms with van der Waals surface area (Å²) in [5.41, 5.74) is -0.585. The maximum absolute atomic E-state index is 12.1. The maximum Gasteiger partial charge on any atom is 0.235 e. The Hall–Kier alpha value is -1.64. The van der Waals surface area contributed by atoms with Crippen molar-refractivity contribution in [3.63, 3.8) is 0 Å². The second-order valence-corrected chi connectivity index (χ2v) is 6.56.